The van der Waals surface area contributed by atoms with Crippen LogP contribution in [0.3, 0.4) is 0 Å². The number of morpholine rings is 1. The van der Waals surface area contributed by atoms with Gasteiger partial charge in [-0.2, -0.15) is 0 Å². The molecule has 0 aliphatic carbocycles. The number of aryl methyl sites for hydroxylation is 2. The van der Waals surface area contributed by atoms with E-state index in [4.69, 9.17) is 4.74 Å². The van der Waals surface area contributed by atoms with Gasteiger partial charge in [0.15, 0.2) is 0 Å². The van der Waals surface area contributed by atoms with Gasteiger partial charge in [-0.05, 0) is 25.5 Å². The van der Waals surface area contributed by atoms with Crippen LogP contribution in [0, 0.1) is 13.8 Å². The van der Waals surface area contributed by atoms with Crippen LogP contribution in [0.2, 0.25) is 0 Å². The topological polar surface area (TPSA) is 71.1 Å². The van der Waals surface area contributed by atoms with Crippen molar-refractivity contribution in [2.24, 2.45) is 0 Å². The van der Waals surface area contributed by atoms with Crippen molar-refractivity contribution >= 4 is 0 Å². The van der Waals surface area contributed by atoms with Crippen molar-refractivity contribution in [3.05, 3.63) is 57.5 Å². The maximum atomic E-state index is 11.7. The smallest absolute Gasteiger partial charge is 0.251 e. The molecule has 0 aromatic carbocycles. The van der Waals surface area contributed by atoms with Crippen molar-refractivity contribution in [2.45, 2.75) is 26.4 Å². The van der Waals surface area contributed by atoms with Gasteiger partial charge in [-0.25, -0.2) is 4.98 Å². The predicted molar refractivity (Wildman–Crippen MR) is 82.5 cm³/mol. The molecule has 2 aromatic rings. The number of rotatable bonds is 3. The van der Waals surface area contributed by atoms with Crippen molar-refractivity contribution in [3.63, 3.8) is 0 Å². The summed E-state index contributed by atoms with van der Waals surface area (Å²) in [6.45, 7) is 6.60. The van der Waals surface area contributed by atoms with Crippen LogP contribution in [-0.4, -0.2) is 39.6 Å². The van der Waals surface area contributed by atoms with Crippen LogP contribution >= 0.6 is 0 Å². The Bertz CT molecular complexity index is 696. The van der Waals surface area contributed by atoms with Crippen LogP contribution < -0.4 is 5.56 Å². The zero-order valence-electron chi connectivity index (χ0n) is 12.9. The first-order valence-electron chi connectivity index (χ1n) is 7.43. The van der Waals surface area contributed by atoms with Gasteiger partial charge in [0.25, 0.3) is 5.56 Å². The Labute approximate surface area is 129 Å². The monoisotopic (exact) mass is 300 g/mol. The molecular formula is C16H20N4O2. The van der Waals surface area contributed by atoms with Gasteiger partial charge in [-0.1, -0.05) is 6.07 Å². The van der Waals surface area contributed by atoms with E-state index in [2.05, 4.69) is 25.9 Å². The molecule has 3 rings (SSSR count). The van der Waals surface area contributed by atoms with Gasteiger partial charge in [-0.15, -0.1) is 0 Å². The van der Waals surface area contributed by atoms with E-state index >= 15 is 0 Å². The number of hydrogen-bond donors (Lipinski definition) is 1. The van der Waals surface area contributed by atoms with E-state index in [1.54, 1.807) is 13.0 Å². The first-order valence-corrected chi connectivity index (χ1v) is 7.43. The van der Waals surface area contributed by atoms with Gasteiger partial charge >= 0.3 is 0 Å². The van der Waals surface area contributed by atoms with Gasteiger partial charge in [0, 0.05) is 31.0 Å². The SMILES string of the molecule is Cc1ccc(CN2CCOCC2c2cc(=O)[nH]c(C)n2)cn1. The summed E-state index contributed by atoms with van der Waals surface area (Å²) in [4.78, 5) is 25.5. The van der Waals surface area contributed by atoms with Gasteiger partial charge in [-0.3, -0.25) is 14.7 Å². The molecule has 1 atom stereocenters. The predicted octanol–water partition coefficient (Wildman–Crippen LogP) is 1.36. The standard InChI is InChI=1S/C16H20N4O2/c1-11-3-4-13(8-17-11)9-20-5-6-22-10-15(20)14-7-16(21)19-12(2)18-14/h3-4,7-8,15H,5-6,9-10H2,1-2H3,(H,18,19,21). The summed E-state index contributed by atoms with van der Waals surface area (Å²) in [7, 11) is 0. The Morgan fingerprint density at radius 3 is 3.00 bits per heavy atom. The van der Waals surface area contributed by atoms with Gasteiger partial charge < -0.3 is 9.72 Å². The second-order valence-electron chi connectivity index (χ2n) is 5.62. The molecule has 1 unspecified atom stereocenters. The maximum Gasteiger partial charge on any atom is 0.251 e. The molecule has 0 radical (unpaired) electrons. The molecule has 1 saturated heterocycles. The minimum Gasteiger partial charge on any atom is -0.378 e. The molecule has 0 spiro atoms. The van der Waals surface area contributed by atoms with Crippen LogP contribution in [0.5, 0.6) is 0 Å². The van der Waals surface area contributed by atoms with Gasteiger partial charge in [0.05, 0.1) is 24.9 Å². The molecule has 6 heteroatoms. The highest BCUT2D eigenvalue weighted by Crippen LogP contribution is 2.23. The minimum atomic E-state index is -0.120. The van der Waals surface area contributed by atoms with E-state index in [1.807, 2.05) is 19.2 Å². The normalized spacial score (nSPS) is 19.3. The van der Waals surface area contributed by atoms with E-state index < -0.39 is 0 Å². The molecule has 3 heterocycles. The Kier molecular flexibility index (Phi) is 4.31. The quantitative estimate of drug-likeness (QED) is 0.926. The second kappa shape index (κ2) is 6.37. The number of nitrogens with zero attached hydrogens (tertiary/aromatic N) is 3. The molecule has 0 amide bonds. The molecule has 22 heavy (non-hydrogen) atoms. The fourth-order valence-electron chi connectivity index (χ4n) is 2.70. The molecule has 0 saturated carbocycles. The van der Waals surface area contributed by atoms with E-state index in [0.717, 1.165) is 30.0 Å². The third-order valence-electron chi connectivity index (χ3n) is 3.82. The number of hydrogen-bond acceptors (Lipinski definition) is 5. The van der Waals surface area contributed by atoms with Crippen LogP contribution in [0.15, 0.2) is 29.2 Å². The average molecular weight is 300 g/mol. The van der Waals surface area contributed by atoms with Crippen molar-refractivity contribution < 1.29 is 4.74 Å². The van der Waals surface area contributed by atoms with E-state index in [-0.39, 0.29) is 11.6 Å². The zero-order valence-corrected chi connectivity index (χ0v) is 12.9. The highest BCUT2D eigenvalue weighted by Gasteiger charge is 2.26. The summed E-state index contributed by atoms with van der Waals surface area (Å²) in [6.07, 6.45) is 1.90. The summed E-state index contributed by atoms with van der Waals surface area (Å²) < 4.78 is 5.59. The van der Waals surface area contributed by atoms with Crippen LogP contribution in [0.25, 0.3) is 0 Å². The molecule has 2 aromatic heterocycles. The van der Waals surface area contributed by atoms with Crippen molar-refractivity contribution in [1.82, 2.24) is 19.9 Å². The van der Waals surface area contributed by atoms with Crippen molar-refractivity contribution in [3.8, 4) is 0 Å². The van der Waals surface area contributed by atoms with Gasteiger partial charge in [0.2, 0.25) is 0 Å². The maximum absolute atomic E-state index is 11.7. The zero-order chi connectivity index (χ0) is 15.5. The first-order chi connectivity index (χ1) is 10.6. The third-order valence-corrected chi connectivity index (χ3v) is 3.82. The molecule has 1 aliphatic heterocycles. The lowest BCUT2D eigenvalue weighted by Gasteiger charge is -2.35. The minimum absolute atomic E-state index is 0.00365. The van der Waals surface area contributed by atoms with E-state index in [9.17, 15) is 4.79 Å². The fourth-order valence-corrected chi connectivity index (χ4v) is 2.70. The fraction of sp³-hybridized carbons (Fsp3) is 0.438. The Morgan fingerprint density at radius 2 is 2.27 bits per heavy atom. The molecule has 6 nitrogen and oxygen atoms in total. The summed E-state index contributed by atoms with van der Waals surface area (Å²) >= 11 is 0. The Morgan fingerprint density at radius 1 is 1.41 bits per heavy atom. The number of aromatic amines is 1. The van der Waals surface area contributed by atoms with E-state index in [0.29, 0.717) is 19.0 Å². The lowest BCUT2D eigenvalue weighted by molar-refractivity contribution is -0.0144. The lowest BCUT2D eigenvalue weighted by Crippen LogP contribution is -2.40. The summed E-state index contributed by atoms with van der Waals surface area (Å²) in [6, 6.07) is 5.66. The highest BCUT2D eigenvalue weighted by molar-refractivity contribution is 5.15. The Hall–Kier alpha value is -2.05. The van der Waals surface area contributed by atoms with Crippen LogP contribution in [0.4, 0.5) is 0 Å². The third kappa shape index (κ3) is 3.40. The number of nitrogens with one attached hydrogen (secondary N) is 1. The van der Waals surface area contributed by atoms with Crippen molar-refractivity contribution in [2.75, 3.05) is 19.8 Å². The molecule has 1 fully saturated rings. The average Bonchev–Trinajstić information content (AvgIpc) is 2.49. The molecular weight excluding hydrogens is 280 g/mol. The number of pyridine rings is 1. The summed E-state index contributed by atoms with van der Waals surface area (Å²) in [5.41, 5.74) is 2.80. The van der Waals surface area contributed by atoms with Gasteiger partial charge in [0.1, 0.15) is 5.82 Å². The molecule has 1 N–H and O–H groups in total. The van der Waals surface area contributed by atoms with Crippen LogP contribution in [0.1, 0.15) is 28.8 Å². The number of aromatic nitrogens is 3. The summed E-state index contributed by atoms with van der Waals surface area (Å²) in [5, 5.41) is 0. The Balaban J connectivity index is 1.84. The van der Waals surface area contributed by atoms with E-state index in [1.165, 1.54) is 0 Å². The number of H-pyrrole nitrogens is 1. The first kappa shape index (κ1) is 14.9. The highest BCUT2D eigenvalue weighted by atomic mass is 16.5. The lowest BCUT2D eigenvalue weighted by atomic mass is 10.1. The molecule has 0 bridgehead atoms. The van der Waals surface area contributed by atoms with Crippen molar-refractivity contribution in [1.29, 1.82) is 0 Å². The summed E-state index contributed by atoms with van der Waals surface area (Å²) in [5.74, 6) is 0.630. The number of ether oxygens (including phenoxy) is 1. The van der Waals surface area contributed by atoms with Crippen LogP contribution in [-0.2, 0) is 11.3 Å². The molecule has 116 valence electrons. The largest absolute Gasteiger partial charge is 0.378 e. The second-order valence-corrected chi connectivity index (χ2v) is 5.62. The molecule has 1 aliphatic rings.